The van der Waals surface area contributed by atoms with Crippen molar-refractivity contribution >= 4 is 23.8 Å². The number of β-amino-alcohol motifs (C(OH)–C–C–N with tert-alkyl or cyclic N) is 1. The van der Waals surface area contributed by atoms with Gasteiger partial charge in [0.05, 0.1) is 12.1 Å². The lowest BCUT2D eigenvalue weighted by Crippen LogP contribution is -2.59. The number of piperidine rings is 1. The zero-order chi connectivity index (χ0) is 20.4. The van der Waals surface area contributed by atoms with E-state index >= 15 is 0 Å². The van der Waals surface area contributed by atoms with E-state index in [1.807, 2.05) is 0 Å². The fraction of sp³-hybridized carbons (Fsp3) is 0.611. The summed E-state index contributed by atoms with van der Waals surface area (Å²) < 4.78 is 40.9. The number of carbonyl (C=O) groups is 1. The number of aliphatic hydroxyl groups is 1. The van der Waals surface area contributed by atoms with Crippen LogP contribution in [0.4, 0.5) is 24.9 Å². The molecule has 1 unspecified atom stereocenters. The Kier molecular flexibility index (Phi) is 4.29. The number of nitrogens with zero attached hydrogens (tertiary/aromatic N) is 4. The van der Waals surface area contributed by atoms with Gasteiger partial charge in [-0.05, 0) is 24.7 Å². The van der Waals surface area contributed by atoms with Gasteiger partial charge in [0, 0.05) is 31.6 Å². The molecule has 1 saturated carbocycles. The summed E-state index contributed by atoms with van der Waals surface area (Å²) in [7, 11) is 0. The van der Waals surface area contributed by atoms with E-state index in [1.54, 1.807) is 16.7 Å². The number of fused-ring (bicyclic) bond motifs is 1. The molecule has 2 N–H and O–H groups in total. The van der Waals surface area contributed by atoms with Crippen LogP contribution in [0.1, 0.15) is 24.6 Å². The minimum atomic E-state index is -4.67. The van der Waals surface area contributed by atoms with E-state index in [9.17, 15) is 23.1 Å². The van der Waals surface area contributed by atoms with Crippen LogP contribution in [0.3, 0.4) is 0 Å². The highest BCUT2D eigenvalue weighted by atomic mass is 19.4. The normalized spacial score (nSPS) is 31.4. The molecule has 3 fully saturated rings. The maximum absolute atomic E-state index is 13.6. The van der Waals surface area contributed by atoms with Crippen molar-refractivity contribution < 1.29 is 28.2 Å². The maximum atomic E-state index is 13.6. The number of aromatic nitrogens is 2. The Morgan fingerprint density at radius 1 is 1.29 bits per heavy atom. The van der Waals surface area contributed by atoms with Crippen molar-refractivity contribution in [1.29, 1.82) is 0 Å². The Morgan fingerprint density at radius 3 is 2.39 bits per heavy atom. The summed E-state index contributed by atoms with van der Waals surface area (Å²) in [6.07, 6.45) is -4.09. The van der Waals surface area contributed by atoms with E-state index < -0.39 is 23.9 Å². The minimum absolute atomic E-state index is 0.0617. The molecule has 3 heterocycles. The smallest absolute Gasteiger partial charge is 0.434 e. The fourth-order valence-electron chi connectivity index (χ4n) is 4.40. The van der Waals surface area contributed by atoms with Crippen LogP contribution < -0.4 is 9.80 Å². The lowest BCUT2D eigenvalue weighted by atomic mass is 10.0. The SMILES string of the molecule is C=Cc1c(N2C[C@@H]3C(CC(=O)O)[C@@H]3C2)nc(N2C[C@@H](O)[C@H]2C)nc1C(F)(F)F. The molecular weight excluding hydrogens is 377 g/mol. The molecule has 0 bridgehead atoms. The van der Waals surface area contributed by atoms with Crippen LogP contribution in [0, 0.1) is 17.8 Å². The number of rotatable bonds is 5. The van der Waals surface area contributed by atoms with Crippen LogP contribution in [-0.4, -0.2) is 57.9 Å². The maximum Gasteiger partial charge on any atom is 0.434 e. The summed E-state index contributed by atoms with van der Waals surface area (Å²) >= 11 is 0. The van der Waals surface area contributed by atoms with E-state index in [2.05, 4.69) is 16.5 Å². The Bertz CT molecular complexity index is 819. The van der Waals surface area contributed by atoms with Crippen molar-refractivity contribution in [1.82, 2.24) is 9.97 Å². The van der Waals surface area contributed by atoms with Gasteiger partial charge < -0.3 is 20.0 Å². The minimum Gasteiger partial charge on any atom is -0.481 e. The summed E-state index contributed by atoms with van der Waals surface area (Å²) in [5, 5.41) is 18.7. The van der Waals surface area contributed by atoms with Gasteiger partial charge in [0.2, 0.25) is 5.95 Å². The predicted molar refractivity (Wildman–Crippen MR) is 94.9 cm³/mol. The van der Waals surface area contributed by atoms with Crippen LogP contribution in [-0.2, 0) is 11.0 Å². The van der Waals surface area contributed by atoms with E-state index in [-0.39, 0.29) is 54.1 Å². The number of aliphatic carboxylic acids is 1. The number of carboxylic acids is 1. The molecule has 10 heteroatoms. The van der Waals surface area contributed by atoms with E-state index in [4.69, 9.17) is 5.11 Å². The number of anilines is 2. The van der Waals surface area contributed by atoms with Crippen molar-refractivity contribution in [3.05, 3.63) is 17.8 Å². The van der Waals surface area contributed by atoms with Crippen LogP contribution >= 0.6 is 0 Å². The number of hydrogen-bond donors (Lipinski definition) is 2. The summed E-state index contributed by atoms with van der Waals surface area (Å²) in [5.74, 6) is -0.352. The second-order valence-corrected chi connectivity index (χ2v) is 7.77. The molecule has 5 atom stereocenters. The van der Waals surface area contributed by atoms with Crippen LogP contribution in [0.2, 0.25) is 0 Å². The standard InChI is InChI=1S/C18H21F3N4O3/c1-3-9-15(18(19,20)21)22-17(25-7-13(26)8(25)2)23-16(9)24-5-11-10(4-14(27)28)12(11)6-24/h3,8,10-13,26H,1,4-7H2,2H3,(H,27,28)/t8-,10?,11-,12+,13-/m1/s1. The molecule has 0 radical (unpaired) electrons. The first kappa shape index (κ1) is 19.0. The molecule has 1 aromatic rings. The molecular formula is C18H21F3N4O3. The molecule has 0 aromatic carbocycles. The Balaban J connectivity index is 1.67. The topological polar surface area (TPSA) is 89.8 Å². The van der Waals surface area contributed by atoms with E-state index in [0.717, 1.165) is 6.08 Å². The van der Waals surface area contributed by atoms with Crippen molar-refractivity contribution in [2.24, 2.45) is 17.8 Å². The average Bonchev–Trinajstić information content (AvgIpc) is 3.05. The van der Waals surface area contributed by atoms with Crippen molar-refractivity contribution in [2.75, 3.05) is 29.4 Å². The van der Waals surface area contributed by atoms with Gasteiger partial charge in [-0.15, -0.1) is 0 Å². The molecule has 3 aliphatic rings. The summed E-state index contributed by atoms with van der Waals surface area (Å²) in [4.78, 5) is 22.3. The molecule has 1 aliphatic carbocycles. The summed E-state index contributed by atoms with van der Waals surface area (Å²) in [6.45, 7) is 6.33. The first-order valence-electron chi connectivity index (χ1n) is 9.15. The predicted octanol–water partition coefficient (Wildman–Crippen LogP) is 1.86. The third kappa shape index (κ3) is 2.99. The van der Waals surface area contributed by atoms with Crippen molar-refractivity contribution in [2.45, 2.75) is 31.7 Å². The molecule has 0 amide bonds. The number of halogens is 3. The van der Waals surface area contributed by atoms with Crippen molar-refractivity contribution in [3.63, 3.8) is 0 Å². The second kappa shape index (κ2) is 6.33. The zero-order valence-electron chi connectivity index (χ0n) is 15.2. The molecule has 7 nitrogen and oxygen atoms in total. The quantitative estimate of drug-likeness (QED) is 0.783. The van der Waals surface area contributed by atoms with E-state index in [1.165, 1.54) is 0 Å². The van der Waals surface area contributed by atoms with E-state index in [0.29, 0.717) is 13.1 Å². The largest absolute Gasteiger partial charge is 0.481 e. The van der Waals surface area contributed by atoms with Crippen LogP contribution in [0.15, 0.2) is 6.58 Å². The van der Waals surface area contributed by atoms with Crippen molar-refractivity contribution in [3.8, 4) is 0 Å². The number of alkyl halides is 3. The van der Waals surface area contributed by atoms with Crippen LogP contribution in [0.5, 0.6) is 0 Å². The van der Waals surface area contributed by atoms with Gasteiger partial charge in [-0.2, -0.15) is 18.2 Å². The number of aliphatic hydroxyl groups excluding tert-OH is 1. The van der Waals surface area contributed by atoms with Gasteiger partial charge >= 0.3 is 12.1 Å². The first-order chi connectivity index (χ1) is 13.1. The van der Waals surface area contributed by atoms with Crippen LogP contribution in [0.25, 0.3) is 6.08 Å². The highest BCUT2D eigenvalue weighted by molar-refractivity contribution is 5.70. The Labute approximate surface area is 159 Å². The van der Waals surface area contributed by atoms with Gasteiger partial charge in [-0.1, -0.05) is 12.7 Å². The molecule has 2 saturated heterocycles. The van der Waals surface area contributed by atoms with Gasteiger partial charge in [0.15, 0.2) is 5.69 Å². The average molecular weight is 398 g/mol. The second-order valence-electron chi connectivity index (χ2n) is 7.77. The van der Waals surface area contributed by atoms with Gasteiger partial charge in [-0.25, -0.2) is 4.98 Å². The van der Waals surface area contributed by atoms with Gasteiger partial charge in [0.25, 0.3) is 0 Å². The summed E-state index contributed by atoms with van der Waals surface area (Å²) in [6, 6.07) is -0.365. The third-order valence-corrected chi connectivity index (χ3v) is 6.16. The molecule has 2 aliphatic heterocycles. The molecule has 4 rings (SSSR count). The third-order valence-electron chi connectivity index (χ3n) is 6.16. The number of carboxylic acid groups (broad SMARTS) is 1. The highest BCUT2D eigenvalue weighted by Gasteiger charge is 2.57. The fourth-order valence-corrected chi connectivity index (χ4v) is 4.40. The Morgan fingerprint density at radius 2 is 1.93 bits per heavy atom. The zero-order valence-corrected chi connectivity index (χ0v) is 15.2. The molecule has 0 spiro atoms. The summed E-state index contributed by atoms with van der Waals surface area (Å²) in [5.41, 5.74) is -1.21. The molecule has 1 aromatic heterocycles. The lowest BCUT2D eigenvalue weighted by molar-refractivity contribution is -0.141. The Hall–Kier alpha value is -2.36. The van der Waals surface area contributed by atoms with Gasteiger partial charge in [0.1, 0.15) is 5.82 Å². The lowest BCUT2D eigenvalue weighted by Gasteiger charge is -2.43. The molecule has 152 valence electrons. The van der Waals surface area contributed by atoms with Gasteiger partial charge in [-0.3, -0.25) is 4.79 Å². The molecule has 28 heavy (non-hydrogen) atoms. The first-order valence-corrected chi connectivity index (χ1v) is 9.15. The highest BCUT2D eigenvalue weighted by Crippen LogP contribution is 2.54. The number of hydrogen-bond acceptors (Lipinski definition) is 6. The monoisotopic (exact) mass is 398 g/mol.